The summed E-state index contributed by atoms with van der Waals surface area (Å²) < 4.78 is 0. The SMILES string of the molecule is O=C1C=C(N2CCc3ccccc32)C(=O)c2ccccc21. The number of benzene rings is 2. The maximum Gasteiger partial charge on any atom is 0.210 e. The van der Waals surface area contributed by atoms with E-state index in [1.807, 2.05) is 23.1 Å². The molecule has 0 saturated heterocycles. The Labute approximate surface area is 122 Å². The van der Waals surface area contributed by atoms with Crippen LogP contribution in [0, 0.1) is 0 Å². The van der Waals surface area contributed by atoms with E-state index in [1.165, 1.54) is 11.6 Å². The molecule has 4 rings (SSSR count). The molecular weight excluding hydrogens is 262 g/mol. The minimum Gasteiger partial charge on any atom is -0.338 e. The van der Waals surface area contributed by atoms with Crippen LogP contribution in [0.15, 0.2) is 60.3 Å². The molecule has 0 fully saturated rings. The van der Waals surface area contributed by atoms with Gasteiger partial charge in [-0.2, -0.15) is 0 Å². The second-order valence-electron chi connectivity index (χ2n) is 5.30. The van der Waals surface area contributed by atoms with Gasteiger partial charge in [0.15, 0.2) is 5.78 Å². The van der Waals surface area contributed by atoms with Crippen LogP contribution in [0.5, 0.6) is 0 Å². The van der Waals surface area contributed by atoms with Crippen molar-refractivity contribution < 1.29 is 9.59 Å². The van der Waals surface area contributed by atoms with Crippen LogP contribution in [-0.4, -0.2) is 18.1 Å². The number of carbonyl (C=O) groups excluding carboxylic acids is 2. The minimum absolute atomic E-state index is 0.0677. The summed E-state index contributed by atoms with van der Waals surface area (Å²) in [4.78, 5) is 26.9. The summed E-state index contributed by atoms with van der Waals surface area (Å²) in [5, 5.41) is 0. The molecule has 0 amide bonds. The average molecular weight is 275 g/mol. The summed E-state index contributed by atoms with van der Waals surface area (Å²) in [5.74, 6) is -0.161. The van der Waals surface area contributed by atoms with Crippen LogP contribution in [-0.2, 0) is 6.42 Å². The van der Waals surface area contributed by atoms with Crippen molar-refractivity contribution in [2.75, 3.05) is 11.4 Å². The fourth-order valence-corrected chi connectivity index (χ4v) is 3.09. The van der Waals surface area contributed by atoms with Gasteiger partial charge in [0.25, 0.3) is 0 Å². The van der Waals surface area contributed by atoms with Gasteiger partial charge in [-0.15, -0.1) is 0 Å². The highest BCUT2D eigenvalue weighted by Crippen LogP contribution is 2.33. The van der Waals surface area contributed by atoms with Crippen LogP contribution in [0.3, 0.4) is 0 Å². The lowest BCUT2D eigenvalue weighted by atomic mass is 9.92. The number of ketones is 2. The summed E-state index contributed by atoms with van der Waals surface area (Å²) in [6, 6.07) is 15.0. The van der Waals surface area contributed by atoms with Gasteiger partial charge < -0.3 is 4.90 Å². The molecule has 1 aliphatic carbocycles. The highest BCUT2D eigenvalue weighted by molar-refractivity contribution is 6.25. The highest BCUT2D eigenvalue weighted by atomic mass is 16.1. The zero-order valence-corrected chi connectivity index (χ0v) is 11.4. The van der Waals surface area contributed by atoms with E-state index < -0.39 is 0 Å². The van der Waals surface area contributed by atoms with Crippen LogP contribution in [0.2, 0.25) is 0 Å². The predicted octanol–water partition coefficient (Wildman–Crippen LogP) is 3.01. The number of para-hydroxylation sites is 1. The number of nitrogens with zero attached hydrogens (tertiary/aromatic N) is 1. The maximum absolute atomic E-state index is 12.7. The molecule has 2 aliphatic rings. The lowest BCUT2D eigenvalue weighted by Crippen LogP contribution is -2.30. The maximum atomic E-state index is 12.7. The standard InChI is InChI=1S/C18H13NO2/c20-17-11-16(18(21)14-7-3-2-6-13(14)17)19-10-9-12-5-1-4-8-15(12)19/h1-8,11H,9-10H2. The van der Waals surface area contributed by atoms with Crippen LogP contribution in [0.1, 0.15) is 26.3 Å². The van der Waals surface area contributed by atoms with Gasteiger partial charge >= 0.3 is 0 Å². The number of rotatable bonds is 1. The molecule has 21 heavy (non-hydrogen) atoms. The van der Waals surface area contributed by atoms with E-state index in [2.05, 4.69) is 6.07 Å². The number of Topliss-reactive ketones (excluding diaryl/α,β-unsaturated/α-hetero) is 1. The molecule has 2 aromatic rings. The van der Waals surface area contributed by atoms with Gasteiger partial charge in [-0.05, 0) is 18.1 Å². The zero-order chi connectivity index (χ0) is 14.4. The molecule has 1 aliphatic heterocycles. The van der Waals surface area contributed by atoms with Crippen molar-refractivity contribution in [3.63, 3.8) is 0 Å². The first kappa shape index (κ1) is 12.1. The zero-order valence-electron chi connectivity index (χ0n) is 11.4. The van der Waals surface area contributed by atoms with E-state index in [0.29, 0.717) is 16.8 Å². The molecule has 0 aromatic heterocycles. The van der Waals surface area contributed by atoms with Gasteiger partial charge in [-0.1, -0.05) is 42.5 Å². The van der Waals surface area contributed by atoms with E-state index in [0.717, 1.165) is 18.7 Å². The predicted molar refractivity (Wildman–Crippen MR) is 80.7 cm³/mol. The molecule has 0 radical (unpaired) electrons. The van der Waals surface area contributed by atoms with Crippen molar-refractivity contribution in [1.29, 1.82) is 0 Å². The molecule has 0 bridgehead atoms. The van der Waals surface area contributed by atoms with Crippen LogP contribution in [0.4, 0.5) is 5.69 Å². The molecular formula is C18H13NO2. The molecule has 0 N–H and O–H groups in total. The van der Waals surface area contributed by atoms with Crippen molar-refractivity contribution in [2.24, 2.45) is 0 Å². The Morgan fingerprint density at radius 1 is 0.857 bits per heavy atom. The molecule has 1 heterocycles. The Kier molecular flexibility index (Phi) is 2.54. The largest absolute Gasteiger partial charge is 0.338 e. The van der Waals surface area contributed by atoms with Gasteiger partial charge in [0, 0.05) is 29.4 Å². The van der Waals surface area contributed by atoms with Crippen molar-refractivity contribution in [1.82, 2.24) is 0 Å². The van der Waals surface area contributed by atoms with Crippen molar-refractivity contribution >= 4 is 17.3 Å². The Morgan fingerprint density at radius 3 is 2.43 bits per heavy atom. The summed E-state index contributed by atoms with van der Waals surface area (Å²) in [5.41, 5.74) is 3.74. The molecule has 0 atom stereocenters. The van der Waals surface area contributed by atoms with Crippen molar-refractivity contribution in [3.8, 4) is 0 Å². The topological polar surface area (TPSA) is 37.4 Å². The number of allylic oxidation sites excluding steroid dienone is 2. The number of fused-ring (bicyclic) bond motifs is 2. The van der Waals surface area contributed by atoms with E-state index >= 15 is 0 Å². The molecule has 2 aromatic carbocycles. The van der Waals surface area contributed by atoms with Crippen molar-refractivity contribution in [2.45, 2.75) is 6.42 Å². The van der Waals surface area contributed by atoms with Crippen LogP contribution >= 0.6 is 0 Å². The fraction of sp³-hybridized carbons (Fsp3) is 0.111. The van der Waals surface area contributed by atoms with Crippen LogP contribution in [0.25, 0.3) is 0 Å². The number of hydrogen-bond donors (Lipinski definition) is 0. The van der Waals surface area contributed by atoms with E-state index in [9.17, 15) is 9.59 Å². The second kappa shape index (κ2) is 4.42. The van der Waals surface area contributed by atoms with E-state index in [-0.39, 0.29) is 11.6 Å². The first-order valence-corrected chi connectivity index (χ1v) is 7.01. The normalized spacial score (nSPS) is 16.6. The smallest absolute Gasteiger partial charge is 0.210 e. The van der Waals surface area contributed by atoms with E-state index in [4.69, 9.17) is 0 Å². The fourth-order valence-electron chi connectivity index (χ4n) is 3.09. The van der Waals surface area contributed by atoms with Gasteiger partial charge in [0.1, 0.15) is 0 Å². The Bertz CT molecular complexity index is 804. The van der Waals surface area contributed by atoms with Crippen LogP contribution < -0.4 is 4.90 Å². The quantitative estimate of drug-likeness (QED) is 0.803. The third kappa shape index (κ3) is 1.74. The highest BCUT2D eigenvalue weighted by Gasteiger charge is 2.31. The first-order valence-electron chi connectivity index (χ1n) is 7.01. The molecule has 0 spiro atoms. The lowest BCUT2D eigenvalue weighted by Gasteiger charge is -2.25. The summed E-state index contributed by atoms with van der Waals surface area (Å²) >= 11 is 0. The van der Waals surface area contributed by atoms with Gasteiger partial charge in [-0.3, -0.25) is 9.59 Å². The van der Waals surface area contributed by atoms with Gasteiger partial charge in [0.2, 0.25) is 5.78 Å². The van der Waals surface area contributed by atoms with E-state index in [1.54, 1.807) is 24.3 Å². The summed E-state index contributed by atoms with van der Waals surface area (Å²) in [6.45, 7) is 0.742. The van der Waals surface area contributed by atoms with Gasteiger partial charge in [-0.25, -0.2) is 0 Å². The third-order valence-corrected chi connectivity index (χ3v) is 4.12. The monoisotopic (exact) mass is 275 g/mol. The number of anilines is 1. The van der Waals surface area contributed by atoms with Crippen molar-refractivity contribution in [3.05, 3.63) is 77.0 Å². The average Bonchev–Trinajstić information content (AvgIpc) is 2.95. The Hall–Kier alpha value is -2.68. The Balaban J connectivity index is 1.82. The third-order valence-electron chi connectivity index (χ3n) is 4.12. The number of carbonyl (C=O) groups is 2. The molecule has 3 nitrogen and oxygen atoms in total. The number of hydrogen-bond acceptors (Lipinski definition) is 3. The molecule has 3 heteroatoms. The molecule has 0 unspecified atom stereocenters. The minimum atomic E-state index is -0.0930. The first-order chi connectivity index (χ1) is 10.3. The molecule has 0 saturated carbocycles. The molecule has 102 valence electrons. The lowest BCUT2D eigenvalue weighted by molar-refractivity contribution is 0.0982. The summed E-state index contributed by atoms with van der Waals surface area (Å²) in [7, 11) is 0. The Morgan fingerprint density at radius 2 is 1.57 bits per heavy atom. The van der Waals surface area contributed by atoms with Gasteiger partial charge in [0.05, 0.1) is 5.70 Å². The summed E-state index contributed by atoms with van der Waals surface area (Å²) in [6.07, 6.45) is 2.38. The second-order valence-corrected chi connectivity index (χ2v) is 5.30.